The van der Waals surface area contributed by atoms with E-state index < -0.39 is 15.8 Å². The molecule has 1 unspecified atom stereocenters. The maximum atomic E-state index is 13.0. The summed E-state index contributed by atoms with van der Waals surface area (Å²) in [5.74, 6) is -0.635. The van der Waals surface area contributed by atoms with Crippen molar-refractivity contribution in [2.24, 2.45) is 0 Å². The molecular weight excluding hydrogens is 345 g/mol. The summed E-state index contributed by atoms with van der Waals surface area (Å²) >= 11 is 9.12. The standard InChI is InChI=1S/C11H14BrClFNO2S/c1-2-3-8(12)7-15-18(16,17)11-6-9(14)4-5-10(11)13/h4-6,8,15H,2-3,7H2,1H3. The van der Waals surface area contributed by atoms with Gasteiger partial charge in [0.1, 0.15) is 10.7 Å². The van der Waals surface area contributed by atoms with Crippen LogP contribution >= 0.6 is 27.5 Å². The van der Waals surface area contributed by atoms with Crippen molar-refractivity contribution in [1.82, 2.24) is 4.72 Å². The quantitative estimate of drug-likeness (QED) is 0.793. The van der Waals surface area contributed by atoms with Crippen molar-refractivity contribution in [2.75, 3.05) is 6.54 Å². The lowest BCUT2D eigenvalue weighted by atomic mass is 10.2. The Bertz CT molecular complexity index is 510. The lowest BCUT2D eigenvalue weighted by Crippen LogP contribution is -2.29. The summed E-state index contributed by atoms with van der Waals surface area (Å²) in [5.41, 5.74) is 0. The van der Waals surface area contributed by atoms with Gasteiger partial charge in [0.15, 0.2) is 0 Å². The molecule has 0 aliphatic heterocycles. The van der Waals surface area contributed by atoms with Gasteiger partial charge in [0, 0.05) is 11.4 Å². The lowest BCUT2D eigenvalue weighted by molar-refractivity contribution is 0.574. The molecule has 102 valence electrons. The van der Waals surface area contributed by atoms with Crippen molar-refractivity contribution in [3.05, 3.63) is 29.0 Å². The van der Waals surface area contributed by atoms with Crippen LogP contribution in [0.3, 0.4) is 0 Å². The zero-order valence-electron chi connectivity index (χ0n) is 9.79. The van der Waals surface area contributed by atoms with Crippen molar-refractivity contribution in [3.8, 4) is 0 Å². The molecule has 7 heteroatoms. The number of sulfonamides is 1. The summed E-state index contributed by atoms with van der Waals surface area (Å²) in [7, 11) is -3.78. The van der Waals surface area contributed by atoms with E-state index in [1.165, 1.54) is 6.07 Å². The SMILES string of the molecule is CCCC(Br)CNS(=O)(=O)c1cc(F)ccc1Cl. The Hall–Kier alpha value is -0.170. The maximum Gasteiger partial charge on any atom is 0.242 e. The predicted octanol–water partition coefficient (Wildman–Crippen LogP) is 3.32. The van der Waals surface area contributed by atoms with Gasteiger partial charge in [-0.25, -0.2) is 17.5 Å². The number of benzene rings is 1. The van der Waals surface area contributed by atoms with E-state index in [-0.39, 0.29) is 21.3 Å². The molecule has 0 radical (unpaired) electrons. The van der Waals surface area contributed by atoms with Gasteiger partial charge in [-0.15, -0.1) is 0 Å². The van der Waals surface area contributed by atoms with Crippen LogP contribution < -0.4 is 4.72 Å². The summed E-state index contributed by atoms with van der Waals surface area (Å²) in [6.07, 6.45) is 1.79. The van der Waals surface area contributed by atoms with E-state index in [4.69, 9.17) is 11.6 Å². The third-order valence-corrected chi connectivity index (χ3v) is 4.97. The van der Waals surface area contributed by atoms with Gasteiger partial charge in [-0.2, -0.15) is 0 Å². The highest BCUT2D eigenvalue weighted by Crippen LogP contribution is 2.22. The minimum absolute atomic E-state index is 0.00511. The second-order valence-electron chi connectivity index (χ2n) is 3.81. The van der Waals surface area contributed by atoms with E-state index >= 15 is 0 Å². The van der Waals surface area contributed by atoms with Crippen molar-refractivity contribution in [1.29, 1.82) is 0 Å². The number of hydrogen-bond donors (Lipinski definition) is 1. The molecule has 0 aliphatic carbocycles. The van der Waals surface area contributed by atoms with Crippen LogP contribution in [-0.2, 0) is 10.0 Å². The van der Waals surface area contributed by atoms with Gasteiger partial charge in [-0.05, 0) is 24.6 Å². The molecule has 0 spiro atoms. The second kappa shape index (κ2) is 6.84. The first-order valence-corrected chi connectivity index (χ1v) is 8.23. The maximum absolute atomic E-state index is 13.0. The normalized spacial score (nSPS) is 13.6. The van der Waals surface area contributed by atoms with E-state index in [0.29, 0.717) is 0 Å². The average Bonchev–Trinajstić information content (AvgIpc) is 2.30. The van der Waals surface area contributed by atoms with E-state index in [1.807, 2.05) is 6.92 Å². The van der Waals surface area contributed by atoms with Crippen LogP contribution in [-0.4, -0.2) is 19.8 Å². The van der Waals surface area contributed by atoms with Crippen LogP contribution in [0.1, 0.15) is 19.8 Å². The number of rotatable bonds is 6. The van der Waals surface area contributed by atoms with E-state index in [0.717, 1.165) is 25.0 Å². The van der Waals surface area contributed by atoms with E-state index in [1.54, 1.807) is 0 Å². The van der Waals surface area contributed by atoms with Crippen molar-refractivity contribution < 1.29 is 12.8 Å². The van der Waals surface area contributed by atoms with E-state index in [2.05, 4.69) is 20.7 Å². The van der Waals surface area contributed by atoms with Crippen LogP contribution in [0.2, 0.25) is 5.02 Å². The fraction of sp³-hybridized carbons (Fsp3) is 0.455. The Morgan fingerprint density at radius 3 is 2.78 bits per heavy atom. The zero-order valence-corrected chi connectivity index (χ0v) is 12.9. The minimum atomic E-state index is -3.78. The van der Waals surface area contributed by atoms with Gasteiger partial charge in [0.2, 0.25) is 10.0 Å². The molecule has 1 atom stereocenters. The number of halogens is 3. The van der Waals surface area contributed by atoms with Crippen LogP contribution in [0.15, 0.2) is 23.1 Å². The molecule has 1 aromatic carbocycles. The molecule has 0 amide bonds. The van der Waals surface area contributed by atoms with Gasteiger partial charge in [-0.3, -0.25) is 0 Å². The largest absolute Gasteiger partial charge is 0.242 e. The molecule has 0 bridgehead atoms. The lowest BCUT2D eigenvalue weighted by Gasteiger charge is -2.11. The van der Waals surface area contributed by atoms with Gasteiger partial charge >= 0.3 is 0 Å². The van der Waals surface area contributed by atoms with Crippen molar-refractivity contribution in [2.45, 2.75) is 29.5 Å². The summed E-state index contributed by atoms with van der Waals surface area (Å²) in [6.45, 7) is 2.25. The van der Waals surface area contributed by atoms with Gasteiger partial charge < -0.3 is 0 Å². The molecule has 18 heavy (non-hydrogen) atoms. The zero-order chi connectivity index (χ0) is 13.8. The fourth-order valence-corrected chi connectivity index (χ4v) is 3.80. The predicted molar refractivity (Wildman–Crippen MR) is 74.2 cm³/mol. The number of hydrogen-bond acceptors (Lipinski definition) is 2. The molecule has 0 aliphatic rings. The van der Waals surface area contributed by atoms with Gasteiger partial charge in [-0.1, -0.05) is 40.9 Å². The van der Waals surface area contributed by atoms with Crippen LogP contribution in [0.4, 0.5) is 4.39 Å². The third-order valence-electron chi connectivity index (χ3n) is 2.28. The second-order valence-corrected chi connectivity index (χ2v) is 7.25. The topological polar surface area (TPSA) is 46.2 Å². The van der Waals surface area contributed by atoms with Crippen LogP contribution in [0.5, 0.6) is 0 Å². The fourth-order valence-electron chi connectivity index (χ4n) is 1.38. The minimum Gasteiger partial charge on any atom is -0.210 e. The highest BCUT2D eigenvalue weighted by atomic mass is 79.9. The Morgan fingerprint density at radius 1 is 1.50 bits per heavy atom. The molecule has 1 N–H and O–H groups in total. The highest BCUT2D eigenvalue weighted by Gasteiger charge is 2.19. The van der Waals surface area contributed by atoms with Crippen LogP contribution in [0, 0.1) is 5.82 Å². The first kappa shape index (κ1) is 15.9. The Kier molecular flexibility index (Phi) is 6.04. The summed E-state index contributed by atoms with van der Waals surface area (Å²) in [5, 5.41) is 0.00511. The smallest absolute Gasteiger partial charge is 0.210 e. The van der Waals surface area contributed by atoms with Gasteiger partial charge in [0.25, 0.3) is 0 Å². The van der Waals surface area contributed by atoms with Crippen LogP contribution in [0.25, 0.3) is 0 Å². The van der Waals surface area contributed by atoms with Crippen molar-refractivity contribution in [3.63, 3.8) is 0 Å². The molecule has 0 saturated heterocycles. The molecule has 1 rings (SSSR count). The molecular formula is C11H14BrClFNO2S. The third kappa shape index (κ3) is 4.50. The van der Waals surface area contributed by atoms with E-state index in [9.17, 15) is 12.8 Å². The first-order valence-electron chi connectivity index (χ1n) is 5.45. The molecule has 3 nitrogen and oxygen atoms in total. The Balaban J connectivity index is 2.83. The van der Waals surface area contributed by atoms with Crippen molar-refractivity contribution >= 4 is 37.6 Å². The summed E-state index contributed by atoms with van der Waals surface area (Å²) < 4.78 is 39.3. The molecule has 0 heterocycles. The van der Waals surface area contributed by atoms with Gasteiger partial charge in [0.05, 0.1) is 5.02 Å². The monoisotopic (exact) mass is 357 g/mol. The number of nitrogens with one attached hydrogen (secondary N) is 1. The average molecular weight is 359 g/mol. The molecule has 0 aromatic heterocycles. The summed E-state index contributed by atoms with van der Waals surface area (Å²) in [4.78, 5) is -0.190. The first-order chi connectivity index (χ1) is 8.36. The highest BCUT2D eigenvalue weighted by molar-refractivity contribution is 9.09. The summed E-state index contributed by atoms with van der Waals surface area (Å²) in [6, 6.07) is 3.25. The molecule has 0 fully saturated rings. The molecule has 0 saturated carbocycles. The Morgan fingerprint density at radius 2 is 2.17 bits per heavy atom. The Labute approximate surface area is 120 Å². The molecule has 1 aromatic rings. The number of alkyl halides is 1.